The van der Waals surface area contributed by atoms with Crippen LogP contribution >= 0.6 is 15.9 Å². The lowest BCUT2D eigenvalue weighted by molar-refractivity contribution is -0.153. The molecular weight excluding hydrogens is 448 g/mol. The van der Waals surface area contributed by atoms with Gasteiger partial charge in [-0.25, -0.2) is 0 Å². The number of carbonyl (C=O) groups excluding carboxylic acids is 3. The maximum absolute atomic E-state index is 12.5. The minimum Gasteiger partial charge on any atom is -0.456 e. The highest BCUT2D eigenvalue weighted by Gasteiger charge is 2.57. The Kier molecular flexibility index (Phi) is 5.68. The smallest absolute Gasteiger partial charge is 0.306 e. The van der Waals surface area contributed by atoms with E-state index in [0.717, 1.165) is 19.3 Å². The maximum atomic E-state index is 12.5. The van der Waals surface area contributed by atoms with Crippen LogP contribution in [-0.2, 0) is 14.3 Å². The molecule has 4 aliphatic carbocycles. The molecule has 0 unspecified atom stereocenters. The van der Waals surface area contributed by atoms with E-state index in [1.807, 2.05) is 0 Å². The van der Waals surface area contributed by atoms with Gasteiger partial charge >= 0.3 is 5.97 Å². The fourth-order valence-electron chi connectivity index (χ4n) is 6.20. The standard InChI is InChI=1S/C23H29BrN2O4/c1-26(2)21(29)17-3-5-18(6-4-17)25-19(27)13-30-20(28)12-22-8-15-7-16(9-22)11-23(24,10-15)14-22/h3-6,15-16H,7-14H2,1-2H3,(H,25,27)/t15-,16-,22?,23?/m0/s1. The Hall–Kier alpha value is -1.89. The molecule has 4 saturated carbocycles. The number of esters is 1. The Balaban J connectivity index is 1.26. The zero-order chi connectivity index (χ0) is 21.5. The van der Waals surface area contributed by atoms with Crippen LogP contribution in [0.2, 0.25) is 0 Å². The second-order valence-electron chi connectivity index (χ2n) is 9.77. The zero-order valence-corrected chi connectivity index (χ0v) is 19.2. The van der Waals surface area contributed by atoms with Gasteiger partial charge in [-0.15, -0.1) is 0 Å². The van der Waals surface area contributed by atoms with Crippen molar-refractivity contribution in [2.24, 2.45) is 17.3 Å². The average molecular weight is 477 g/mol. The van der Waals surface area contributed by atoms with Crippen LogP contribution in [0.3, 0.4) is 0 Å². The van der Waals surface area contributed by atoms with Crippen molar-refractivity contribution < 1.29 is 19.1 Å². The number of alkyl halides is 1. The number of anilines is 1. The number of hydrogen-bond donors (Lipinski definition) is 1. The highest BCUT2D eigenvalue weighted by atomic mass is 79.9. The molecule has 4 bridgehead atoms. The summed E-state index contributed by atoms with van der Waals surface area (Å²) in [6.45, 7) is -0.292. The summed E-state index contributed by atoms with van der Waals surface area (Å²) < 4.78 is 5.52. The largest absolute Gasteiger partial charge is 0.456 e. The molecule has 0 heterocycles. The summed E-state index contributed by atoms with van der Waals surface area (Å²) in [6, 6.07) is 6.66. The second-order valence-corrected chi connectivity index (χ2v) is 11.5. The minimum absolute atomic E-state index is 0.0376. The van der Waals surface area contributed by atoms with Gasteiger partial charge in [0.05, 0.1) is 6.42 Å². The summed E-state index contributed by atoms with van der Waals surface area (Å²) in [5.74, 6) is 0.664. The molecule has 0 saturated heterocycles. The molecule has 0 aliphatic heterocycles. The first-order valence-electron chi connectivity index (χ1n) is 10.6. The predicted molar refractivity (Wildman–Crippen MR) is 117 cm³/mol. The predicted octanol–water partition coefficient (Wildman–Crippen LogP) is 3.99. The van der Waals surface area contributed by atoms with Crippen LogP contribution in [0, 0.1) is 17.3 Å². The topological polar surface area (TPSA) is 75.7 Å². The lowest BCUT2D eigenvalue weighted by atomic mass is 9.49. The van der Waals surface area contributed by atoms with E-state index in [2.05, 4.69) is 21.2 Å². The Bertz CT molecular complexity index is 837. The first-order chi connectivity index (χ1) is 14.2. The monoisotopic (exact) mass is 476 g/mol. The molecule has 2 amide bonds. The van der Waals surface area contributed by atoms with Crippen LogP contribution in [0.1, 0.15) is 55.3 Å². The number of nitrogens with zero attached hydrogens (tertiary/aromatic N) is 1. The van der Waals surface area contributed by atoms with Crippen LogP contribution in [0.25, 0.3) is 0 Å². The Morgan fingerprint density at radius 3 is 2.30 bits per heavy atom. The molecule has 4 fully saturated rings. The Morgan fingerprint density at radius 1 is 1.10 bits per heavy atom. The van der Waals surface area contributed by atoms with E-state index in [1.165, 1.54) is 24.2 Å². The molecule has 0 spiro atoms. The van der Waals surface area contributed by atoms with Crippen molar-refractivity contribution in [1.82, 2.24) is 4.90 Å². The number of hydrogen-bond acceptors (Lipinski definition) is 4. The van der Waals surface area contributed by atoms with Gasteiger partial charge in [0.15, 0.2) is 6.61 Å². The van der Waals surface area contributed by atoms with Gasteiger partial charge in [0.1, 0.15) is 0 Å². The molecule has 30 heavy (non-hydrogen) atoms. The van der Waals surface area contributed by atoms with Crippen LogP contribution in [0.5, 0.6) is 0 Å². The highest BCUT2D eigenvalue weighted by Crippen LogP contribution is 2.65. The molecule has 4 aliphatic rings. The number of halogens is 1. The second kappa shape index (κ2) is 7.98. The van der Waals surface area contributed by atoms with Gasteiger partial charge in [-0.2, -0.15) is 0 Å². The molecule has 7 heteroatoms. The van der Waals surface area contributed by atoms with Crippen molar-refractivity contribution in [2.45, 2.75) is 49.3 Å². The van der Waals surface area contributed by atoms with Gasteiger partial charge in [-0.1, -0.05) is 15.9 Å². The molecule has 162 valence electrons. The SMILES string of the molecule is CN(C)C(=O)c1ccc(NC(=O)COC(=O)CC23C[C@@H]4C[C@H](CC(Br)(C4)C2)C3)cc1. The fraction of sp³-hybridized carbons (Fsp3) is 0.609. The van der Waals surface area contributed by atoms with E-state index in [4.69, 9.17) is 4.74 Å². The van der Waals surface area contributed by atoms with Crippen molar-refractivity contribution in [3.63, 3.8) is 0 Å². The number of nitrogens with one attached hydrogen (secondary N) is 1. The number of ether oxygens (including phenoxy) is 1. The molecule has 2 atom stereocenters. The lowest BCUT2D eigenvalue weighted by Gasteiger charge is -2.60. The van der Waals surface area contributed by atoms with Gasteiger partial charge in [-0.3, -0.25) is 14.4 Å². The molecule has 1 N–H and O–H groups in total. The molecule has 0 aromatic heterocycles. The molecule has 0 radical (unpaired) electrons. The number of carbonyl (C=O) groups is 3. The average Bonchev–Trinajstić information content (AvgIpc) is 2.64. The van der Waals surface area contributed by atoms with E-state index in [9.17, 15) is 14.4 Å². The van der Waals surface area contributed by atoms with Gasteiger partial charge in [0, 0.05) is 29.7 Å². The quantitative estimate of drug-likeness (QED) is 0.497. The summed E-state index contributed by atoms with van der Waals surface area (Å²) in [5, 5.41) is 2.71. The molecule has 5 rings (SSSR count). The molecule has 1 aromatic rings. The van der Waals surface area contributed by atoms with Gasteiger partial charge < -0.3 is 15.0 Å². The van der Waals surface area contributed by atoms with Crippen molar-refractivity contribution in [3.05, 3.63) is 29.8 Å². The maximum Gasteiger partial charge on any atom is 0.306 e. The number of rotatable bonds is 6. The van der Waals surface area contributed by atoms with Crippen molar-refractivity contribution in [2.75, 3.05) is 26.0 Å². The normalized spacial score (nSPS) is 31.3. The third-order valence-electron chi connectivity index (χ3n) is 6.82. The van der Waals surface area contributed by atoms with E-state index in [0.29, 0.717) is 29.5 Å². The third-order valence-corrected chi connectivity index (χ3v) is 7.74. The van der Waals surface area contributed by atoms with Gasteiger partial charge in [0.2, 0.25) is 0 Å². The zero-order valence-electron chi connectivity index (χ0n) is 17.6. The molecule has 1 aromatic carbocycles. The van der Waals surface area contributed by atoms with Crippen LogP contribution in [0.4, 0.5) is 5.69 Å². The Morgan fingerprint density at radius 2 is 1.73 bits per heavy atom. The van der Waals surface area contributed by atoms with Gasteiger partial charge in [-0.05, 0) is 80.0 Å². The Labute approximate surface area is 185 Å². The van der Waals surface area contributed by atoms with Crippen LogP contribution < -0.4 is 5.32 Å². The van der Waals surface area contributed by atoms with Crippen molar-refractivity contribution in [1.29, 1.82) is 0 Å². The van der Waals surface area contributed by atoms with E-state index in [1.54, 1.807) is 38.4 Å². The van der Waals surface area contributed by atoms with Crippen molar-refractivity contribution in [3.8, 4) is 0 Å². The van der Waals surface area contributed by atoms with E-state index in [-0.39, 0.29) is 34.1 Å². The van der Waals surface area contributed by atoms with E-state index >= 15 is 0 Å². The third kappa shape index (κ3) is 4.56. The first-order valence-corrected chi connectivity index (χ1v) is 11.4. The lowest BCUT2D eigenvalue weighted by Crippen LogP contribution is -2.53. The summed E-state index contributed by atoms with van der Waals surface area (Å²) in [6.07, 6.45) is 7.40. The van der Waals surface area contributed by atoms with Gasteiger partial charge in [0.25, 0.3) is 11.8 Å². The van der Waals surface area contributed by atoms with E-state index < -0.39 is 0 Å². The minimum atomic E-state index is -0.377. The number of benzene rings is 1. The summed E-state index contributed by atoms with van der Waals surface area (Å²) in [5.41, 5.74) is 1.15. The highest BCUT2D eigenvalue weighted by molar-refractivity contribution is 9.10. The summed E-state index contributed by atoms with van der Waals surface area (Å²) in [4.78, 5) is 38.1. The first kappa shape index (κ1) is 21.3. The molecule has 6 nitrogen and oxygen atoms in total. The van der Waals surface area contributed by atoms with Crippen molar-refractivity contribution >= 4 is 39.4 Å². The number of amides is 2. The van der Waals surface area contributed by atoms with Crippen LogP contribution in [-0.4, -0.2) is 47.7 Å². The van der Waals surface area contributed by atoms with Crippen LogP contribution in [0.15, 0.2) is 24.3 Å². The fourth-order valence-corrected chi connectivity index (χ4v) is 7.71. The summed E-state index contributed by atoms with van der Waals surface area (Å²) in [7, 11) is 3.38. The molecular formula is C23H29BrN2O4. The summed E-state index contributed by atoms with van der Waals surface area (Å²) >= 11 is 3.96.